The molecule has 1 atom stereocenters. The van der Waals surface area contributed by atoms with Gasteiger partial charge >= 0.3 is 11.7 Å². The number of benzene rings is 1. The van der Waals surface area contributed by atoms with Gasteiger partial charge in [0.1, 0.15) is 29.5 Å². The lowest BCUT2D eigenvalue weighted by molar-refractivity contribution is 0.0194. The Morgan fingerprint density at radius 2 is 1.87 bits per heavy atom. The molecule has 0 radical (unpaired) electrons. The molecule has 0 unspecified atom stereocenters. The number of hydrogen-bond donors (Lipinski definition) is 0. The van der Waals surface area contributed by atoms with Crippen LogP contribution in [0.2, 0.25) is 0 Å². The normalized spacial score (nSPS) is 16.3. The predicted octanol–water partition coefficient (Wildman–Crippen LogP) is 5.98. The maximum atomic E-state index is 16.2. The van der Waals surface area contributed by atoms with E-state index in [1.54, 1.807) is 37.9 Å². The number of carbonyl (C=O) groups excluding carboxylic acids is 1. The van der Waals surface area contributed by atoms with Crippen LogP contribution in [0.5, 0.6) is 11.5 Å². The highest BCUT2D eigenvalue weighted by molar-refractivity contribution is 5.96. The third-order valence-electron chi connectivity index (χ3n) is 8.23. The lowest BCUT2D eigenvalue weighted by Gasteiger charge is -2.45. The van der Waals surface area contributed by atoms with Gasteiger partial charge < -0.3 is 24.0 Å². The zero-order valence-corrected chi connectivity index (χ0v) is 27.0. The molecule has 0 N–H and O–H groups in total. The Balaban J connectivity index is 1.61. The summed E-state index contributed by atoms with van der Waals surface area (Å²) in [4.78, 5) is 40.3. The van der Waals surface area contributed by atoms with E-state index in [2.05, 4.69) is 4.98 Å². The van der Waals surface area contributed by atoms with Gasteiger partial charge in [-0.05, 0) is 63.4 Å². The van der Waals surface area contributed by atoms with Crippen molar-refractivity contribution in [2.24, 2.45) is 0 Å². The Morgan fingerprint density at radius 1 is 1.11 bits per heavy atom. The molecule has 1 aromatic carbocycles. The highest BCUT2D eigenvalue weighted by Crippen LogP contribution is 2.42. The summed E-state index contributed by atoms with van der Waals surface area (Å²) in [7, 11) is 1.37. The average molecular weight is 634 g/mol. The van der Waals surface area contributed by atoms with Crippen LogP contribution < -0.4 is 19.9 Å². The number of fused-ring (bicyclic) bond motifs is 5. The molecule has 3 aromatic heterocycles. The second-order valence-corrected chi connectivity index (χ2v) is 12.9. The molecule has 1 saturated heterocycles. The highest BCUT2D eigenvalue weighted by Gasteiger charge is 2.40. The molecule has 12 heteroatoms. The number of pyridine rings is 3. The van der Waals surface area contributed by atoms with Gasteiger partial charge in [-0.1, -0.05) is 19.9 Å². The van der Waals surface area contributed by atoms with Gasteiger partial charge in [-0.3, -0.25) is 14.3 Å². The van der Waals surface area contributed by atoms with Gasteiger partial charge in [0, 0.05) is 31.2 Å². The number of rotatable bonds is 4. The fourth-order valence-corrected chi connectivity index (χ4v) is 6.20. The predicted molar refractivity (Wildman–Crippen MR) is 170 cm³/mol. The molecule has 1 fully saturated rings. The lowest BCUT2D eigenvalue weighted by Crippen LogP contribution is -2.59. The molecule has 6 rings (SSSR count). The van der Waals surface area contributed by atoms with E-state index >= 15 is 8.78 Å². The first-order valence-corrected chi connectivity index (χ1v) is 15.3. The number of aryl methyl sites for hydroxylation is 1. The van der Waals surface area contributed by atoms with Crippen molar-refractivity contribution in [3.63, 3.8) is 0 Å². The largest absolute Gasteiger partial charge is 0.496 e. The van der Waals surface area contributed by atoms with Crippen LogP contribution in [0.15, 0.2) is 41.3 Å². The Hall–Kier alpha value is -4.74. The average Bonchev–Trinajstić information content (AvgIpc) is 3.00. The van der Waals surface area contributed by atoms with Crippen LogP contribution in [0, 0.1) is 18.6 Å². The van der Waals surface area contributed by atoms with Gasteiger partial charge in [0.05, 0.1) is 35.8 Å². The first-order valence-electron chi connectivity index (χ1n) is 15.3. The molecular formula is C34H37F2N5O5. The minimum atomic E-state index is -0.801. The molecule has 242 valence electrons. The van der Waals surface area contributed by atoms with Crippen LogP contribution in [-0.4, -0.2) is 70.5 Å². The first-order chi connectivity index (χ1) is 21.8. The first kappa shape index (κ1) is 31.3. The molecule has 46 heavy (non-hydrogen) atoms. The Bertz CT molecular complexity index is 1920. The van der Waals surface area contributed by atoms with E-state index in [1.165, 1.54) is 35.9 Å². The molecule has 4 aromatic rings. The molecule has 0 bridgehead atoms. The van der Waals surface area contributed by atoms with Gasteiger partial charge in [-0.2, -0.15) is 0 Å². The quantitative estimate of drug-likeness (QED) is 0.271. The molecule has 0 spiro atoms. The summed E-state index contributed by atoms with van der Waals surface area (Å²) in [6, 6.07) is 6.90. The van der Waals surface area contributed by atoms with Gasteiger partial charge in [-0.25, -0.2) is 18.6 Å². The highest BCUT2D eigenvalue weighted by atomic mass is 19.1. The van der Waals surface area contributed by atoms with Crippen LogP contribution >= 0.6 is 0 Å². The molecule has 1 amide bonds. The van der Waals surface area contributed by atoms with Crippen molar-refractivity contribution in [2.75, 3.05) is 38.3 Å². The van der Waals surface area contributed by atoms with E-state index in [1.807, 2.05) is 25.7 Å². The van der Waals surface area contributed by atoms with E-state index in [9.17, 15) is 9.59 Å². The zero-order chi connectivity index (χ0) is 33.1. The minimum Gasteiger partial charge on any atom is -0.496 e. The smallest absolute Gasteiger partial charge is 0.410 e. The number of amides is 1. The number of halogens is 2. The minimum absolute atomic E-state index is 0.0462. The van der Waals surface area contributed by atoms with E-state index < -0.39 is 28.9 Å². The Labute approximate surface area is 265 Å². The summed E-state index contributed by atoms with van der Waals surface area (Å²) < 4.78 is 50.1. The van der Waals surface area contributed by atoms with Crippen LogP contribution in [0.4, 0.5) is 19.3 Å². The molecule has 2 aliphatic rings. The van der Waals surface area contributed by atoms with Crippen molar-refractivity contribution in [3.8, 4) is 28.4 Å². The van der Waals surface area contributed by atoms with Crippen LogP contribution in [0.25, 0.3) is 28.0 Å². The number of aromatic nitrogens is 3. The summed E-state index contributed by atoms with van der Waals surface area (Å²) in [5.74, 6) is -1.46. The molecule has 0 aliphatic carbocycles. The summed E-state index contributed by atoms with van der Waals surface area (Å²) in [6.45, 7) is 12.3. The molecular weight excluding hydrogens is 596 g/mol. The Kier molecular flexibility index (Phi) is 7.86. The fourth-order valence-electron chi connectivity index (χ4n) is 6.20. The number of piperazine rings is 1. The standard InChI is InChI=1S/C34H37F2N5O5/c1-18(2)26-28(19(3)11-12-37-26)41-31-21(15-23(36)27(38-31)25-22(35)9-8-10-24(25)44-7)29-30(32(41)42)45-17-20-16-39(13-14-40(20)29)33(43)46-34(4,5)6/h8-12,15,18,20H,13-14,16-17H2,1-7H3/t20-/m1/s1. The van der Waals surface area contributed by atoms with E-state index in [-0.39, 0.29) is 53.5 Å². The van der Waals surface area contributed by atoms with Crippen molar-refractivity contribution in [1.82, 2.24) is 19.4 Å². The number of carbonyl (C=O) groups is 1. The van der Waals surface area contributed by atoms with Crippen molar-refractivity contribution in [1.29, 1.82) is 0 Å². The third-order valence-corrected chi connectivity index (χ3v) is 8.23. The number of ether oxygens (including phenoxy) is 3. The lowest BCUT2D eigenvalue weighted by atomic mass is 10.0. The van der Waals surface area contributed by atoms with Crippen molar-refractivity contribution in [2.45, 2.75) is 59.1 Å². The zero-order valence-electron chi connectivity index (χ0n) is 27.0. The topological polar surface area (TPSA) is 99.0 Å². The van der Waals surface area contributed by atoms with Crippen LogP contribution in [0.1, 0.15) is 51.8 Å². The van der Waals surface area contributed by atoms with Crippen LogP contribution in [-0.2, 0) is 4.74 Å². The SMILES string of the molecule is COc1cccc(F)c1-c1nc2c(cc1F)c1c(c(=O)n2-c2c(C)ccnc2C(C)C)OC[C@H]2CN(C(=O)OC(C)(C)C)CCN12. The van der Waals surface area contributed by atoms with E-state index in [0.29, 0.717) is 35.5 Å². The maximum Gasteiger partial charge on any atom is 0.410 e. The van der Waals surface area contributed by atoms with Gasteiger partial charge in [0.15, 0.2) is 11.5 Å². The van der Waals surface area contributed by atoms with Gasteiger partial charge in [0.2, 0.25) is 5.75 Å². The van der Waals surface area contributed by atoms with Gasteiger partial charge in [-0.15, -0.1) is 0 Å². The molecule has 5 heterocycles. The van der Waals surface area contributed by atoms with Crippen molar-refractivity contribution < 1.29 is 27.8 Å². The van der Waals surface area contributed by atoms with Crippen LogP contribution in [0.3, 0.4) is 0 Å². The Morgan fingerprint density at radius 3 is 2.57 bits per heavy atom. The summed E-state index contributed by atoms with van der Waals surface area (Å²) >= 11 is 0. The van der Waals surface area contributed by atoms with E-state index in [0.717, 1.165) is 5.56 Å². The van der Waals surface area contributed by atoms with Gasteiger partial charge in [0.25, 0.3) is 0 Å². The summed E-state index contributed by atoms with van der Waals surface area (Å²) in [6.07, 6.45) is 1.23. The third kappa shape index (κ3) is 5.29. The monoisotopic (exact) mass is 633 g/mol. The maximum absolute atomic E-state index is 16.2. The second kappa shape index (κ2) is 11.6. The second-order valence-electron chi connectivity index (χ2n) is 12.9. The van der Waals surface area contributed by atoms with Crippen molar-refractivity contribution in [3.05, 3.63) is 69.8 Å². The number of methoxy groups -OCH3 is 1. The summed E-state index contributed by atoms with van der Waals surface area (Å²) in [5.41, 5.74) is 0.758. The van der Waals surface area contributed by atoms with Crippen molar-refractivity contribution >= 4 is 22.8 Å². The number of anilines is 1. The number of nitrogens with zero attached hydrogens (tertiary/aromatic N) is 5. The molecule has 10 nitrogen and oxygen atoms in total. The summed E-state index contributed by atoms with van der Waals surface area (Å²) in [5, 5.41) is 0.305. The molecule has 0 saturated carbocycles. The fraction of sp³-hybridized carbons (Fsp3) is 0.412. The van der Waals surface area contributed by atoms with E-state index in [4.69, 9.17) is 19.2 Å². The molecule has 2 aliphatic heterocycles. The number of hydrogen-bond acceptors (Lipinski definition) is 8.